The Morgan fingerprint density at radius 3 is 2.78 bits per heavy atom. The van der Waals surface area contributed by atoms with Gasteiger partial charge in [-0.2, -0.15) is 0 Å². The van der Waals surface area contributed by atoms with Crippen LogP contribution in [0.1, 0.15) is 40.3 Å². The van der Waals surface area contributed by atoms with E-state index < -0.39 is 0 Å². The molecule has 0 saturated carbocycles. The van der Waals surface area contributed by atoms with Crippen LogP contribution in [-0.4, -0.2) is 48.3 Å². The number of likely N-dealkylation sites (tertiary alicyclic amines) is 1. The first-order valence-corrected chi connectivity index (χ1v) is 9.34. The summed E-state index contributed by atoms with van der Waals surface area (Å²) in [7, 11) is 0. The van der Waals surface area contributed by atoms with Crippen LogP contribution in [0.2, 0.25) is 0 Å². The molecule has 0 radical (unpaired) electrons. The van der Waals surface area contributed by atoms with Gasteiger partial charge in [0.05, 0.1) is 0 Å². The summed E-state index contributed by atoms with van der Waals surface area (Å²) in [5, 5.41) is 7.80. The molecule has 1 atom stereocenters. The lowest BCUT2D eigenvalue weighted by molar-refractivity contribution is 0.0806. The number of Topliss-reactive ketones (excluding diaryl/α,β-unsaturated/α-hetero) is 1. The van der Waals surface area contributed by atoms with Crippen molar-refractivity contribution in [2.45, 2.75) is 33.2 Å². The van der Waals surface area contributed by atoms with Crippen LogP contribution in [0.4, 0.5) is 0 Å². The molecular formula is C20H24N6O. The molecule has 3 aromatic rings. The number of carbonyl (C=O) groups excluding carboxylic acids is 1. The first-order valence-electron chi connectivity index (χ1n) is 9.34. The van der Waals surface area contributed by atoms with Gasteiger partial charge in [0, 0.05) is 36.6 Å². The van der Waals surface area contributed by atoms with Crippen LogP contribution in [0.25, 0.3) is 0 Å². The molecule has 1 aliphatic rings. The van der Waals surface area contributed by atoms with Gasteiger partial charge in [-0.3, -0.25) is 19.4 Å². The number of pyridine rings is 1. The zero-order valence-corrected chi connectivity index (χ0v) is 15.7. The predicted octanol–water partition coefficient (Wildman–Crippen LogP) is 2.50. The van der Waals surface area contributed by atoms with Crippen molar-refractivity contribution in [1.82, 2.24) is 29.4 Å². The summed E-state index contributed by atoms with van der Waals surface area (Å²) < 4.78 is 3.99. The number of carbonyl (C=O) groups is 1. The second-order valence-corrected chi connectivity index (χ2v) is 7.20. The first kappa shape index (κ1) is 17.6. The monoisotopic (exact) mass is 364 g/mol. The summed E-state index contributed by atoms with van der Waals surface area (Å²) in [6.07, 6.45) is 7.06. The maximum absolute atomic E-state index is 12.8. The van der Waals surface area contributed by atoms with Gasteiger partial charge in [-0.1, -0.05) is 6.07 Å². The van der Waals surface area contributed by atoms with E-state index in [0.717, 1.165) is 38.2 Å². The van der Waals surface area contributed by atoms with Crippen LogP contribution in [0.3, 0.4) is 0 Å². The molecule has 1 aliphatic heterocycles. The first-order chi connectivity index (χ1) is 13.1. The molecule has 7 heteroatoms. The van der Waals surface area contributed by atoms with Crippen molar-refractivity contribution in [2.75, 3.05) is 13.1 Å². The van der Waals surface area contributed by atoms with Crippen LogP contribution in [-0.2, 0) is 6.54 Å². The third-order valence-electron chi connectivity index (χ3n) is 5.32. The molecule has 0 spiro atoms. The van der Waals surface area contributed by atoms with Crippen LogP contribution < -0.4 is 0 Å². The molecule has 0 unspecified atom stereocenters. The van der Waals surface area contributed by atoms with Crippen molar-refractivity contribution in [1.29, 1.82) is 0 Å². The minimum Gasteiger partial charge on any atom is -0.298 e. The molecule has 1 saturated heterocycles. The fraction of sp³-hybridized carbons (Fsp3) is 0.400. The molecule has 0 bridgehead atoms. The van der Waals surface area contributed by atoms with E-state index in [1.165, 1.54) is 11.3 Å². The van der Waals surface area contributed by atoms with Crippen LogP contribution in [0.5, 0.6) is 0 Å². The number of aryl methyl sites for hydroxylation is 1. The van der Waals surface area contributed by atoms with E-state index in [0.29, 0.717) is 5.69 Å². The van der Waals surface area contributed by atoms with Crippen molar-refractivity contribution in [3.8, 4) is 0 Å². The molecule has 4 rings (SSSR count). The number of nitrogens with zero attached hydrogens (tertiary/aromatic N) is 6. The molecule has 0 aromatic carbocycles. The summed E-state index contributed by atoms with van der Waals surface area (Å²) in [6, 6.07) is 7.74. The predicted molar refractivity (Wildman–Crippen MR) is 101 cm³/mol. The van der Waals surface area contributed by atoms with Gasteiger partial charge in [0.1, 0.15) is 18.3 Å². The quantitative estimate of drug-likeness (QED) is 0.651. The summed E-state index contributed by atoms with van der Waals surface area (Å²) in [6.45, 7) is 6.84. The Bertz CT molecular complexity index is 916. The number of piperidine rings is 1. The molecule has 0 N–H and O–H groups in total. The van der Waals surface area contributed by atoms with Gasteiger partial charge in [-0.25, -0.2) is 4.68 Å². The Labute approximate surface area is 158 Å². The minimum atomic E-state index is 0.0231. The van der Waals surface area contributed by atoms with Crippen LogP contribution in [0, 0.1) is 19.8 Å². The lowest BCUT2D eigenvalue weighted by atomic mass is 9.91. The van der Waals surface area contributed by atoms with E-state index in [2.05, 4.69) is 44.7 Å². The Morgan fingerprint density at radius 1 is 1.22 bits per heavy atom. The average Bonchev–Trinajstić information content (AvgIpc) is 3.30. The second kappa shape index (κ2) is 7.44. The maximum atomic E-state index is 12.8. The Hall–Kier alpha value is -2.80. The lowest BCUT2D eigenvalue weighted by Crippen LogP contribution is -2.38. The van der Waals surface area contributed by atoms with E-state index >= 15 is 0 Å². The van der Waals surface area contributed by atoms with E-state index in [-0.39, 0.29) is 11.7 Å². The molecule has 3 aromatic heterocycles. The van der Waals surface area contributed by atoms with Crippen LogP contribution >= 0.6 is 0 Å². The van der Waals surface area contributed by atoms with Gasteiger partial charge < -0.3 is 0 Å². The van der Waals surface area contributed by atoms with Crippen molar-refractivity contribution in [3.05, 3.63) is 65.8 Å². The smallest absolute Gasteiger partial charge is 0.185 e. The van der Waals surface area contributed by atoms with E-state index in [1.54, 1.807) is 18.9 Å². The number of hydrogen-bond acceptors (Lipinski definition) is 5. The molecular weight excluding hydrogens is 340 g/mol. The maximum Gasteiger partial charge on any atom is 0.185 e. The number of rotatable bonds is 5. The molecule has 0 aliphatic carbocycles. The molecule has 140 valence electrons. The number of ketones is 1. The van der Waals surface area contributed by atoms with Gasteiger partial charge >= 0.3 is 0 Å². The van der Waals surface area contributed by atoms with Crippen molar-refractivity contribution >= 4 is 5.78 Å². The van der Waals surface area contributed by atoms with Crippen molar-refractivity contribution in [2.24, 2.45) is 5.92 Å². The van der Waals surface area contributed by atoms with Gasteiger partial charge in [-0.05, 0) is 57.0 Å². The van der Waals surface area contributed by atoms with Gasteiger partial charge in [0.25, 0.3) is 0 Å². The Balaban J connectivity index is 1.49. The Morgan fingerprint density at radius 2 is 2.04 bits per heavy atom. The lowest BCUT2D eigenvalue weighted by Gasteiger charge is -2.31. The van der Waals surface area contributed by atoms with E-state index in [9.17, 15) is 4.79 Å². The highest BCUT2D eigenvalue weighted by atomic mass is 16.1. The SMILES string of the molecule is Cc1cc(CN2CCC[C@@H](C(=O)c3ccccn3)C2)c(C)n1-n1cnnc1. The van der Waals surface area contributed by atoms with Gasteiger partial charge in [-0.15, -0.1) is 10.2 Å². The summed E-state index contributed by atoms with van der Waals surface area (Å²) in [4.78, 5) is 19.4. The largest absolute Gasteiger partial charge is 0.298 e. The highest BCUT2D eigenvalue weighted by molar-refractivity contribution is 5.96. The zero-order valence-electron chi connectivity index (χ0n) is 15.7. The van der Waals surface area contributed by atoms with Gasteiger partial charge in [0.15, 0.2) is 5.78 Å². The topological polar surface area (TPSA) is 68.8 Å². The third kappa shape index (κ3) is 3.55. The summed E-state index contributed by atoms with van der Waals surface area (Å²) in [5.74, 6) is 0.185. The van der Waals surface area contributed by atoms with Crippen molar-refractivity contribution < 1.29 is 4.79 Å². The fourth-order valence-corrected chi connectivity index (χ4v) is 4.00. The van der Waals surface area contributed by atoms with E-state index in [4.69, 9.17) is 0 Å². The molecule has 0 amide bonds. The molecule has 7 nitrogen and oxygen atoms in total. The molecule has 27 heavy (non-hydrogen) atoms. The van der Waals surface area contributed by atoms with Gasteiger partial charge in [0.2, 0.25) is 0 Å². The molecule has 1 fully saturated rings. The third-order valence-corrected chi connectivity index (χ3v) is 5.32. The molecule has 4 heterocycles. The highest BCUT2D eigenvalue weighted by Crippen LogP contribution is 2.24. The fourth-order valence-electron chi connectivity index (χ4n) is 4.00. The standard InChI is InChI=1S/C20H24N6O/c1-15-10-18(16(2)26(15)25-13-22-23-14-25)12-24-9-5-6-17(11-24)20(27)19-7-3-4-8-21-19/h3-4,7-8,10,13-14,17H,5-6,9,11-12H2,1-2H3/t17-/m1/s1. The summed E-state index contributed by atoms with van der Waals surface area (Å²) >= 11 is 0. The number of aromatic nitrogens is 5. The minimum absolute atomic E-state index is 0.0231. The zero-order chi connectivity index (χ0) is 18.8. The summed E-state index contributed by atoms with van der Waals surface area (Å²) in [5.41, 5.74) is 4.16. The second-order valence-electron chi connectivity index (χ2n) is 7.20. The normalized spacial score (nSPS) is 17.9. The van der Waals surface area contributed by atoms with E-state index in [1.807, 2.05) is 22.9 Å². The van der Waals surface area contributed by atoms with Crippen LogP contribution in [0.15, 0.2) is 43.1 Å². The number of hydrogen-bond donors (Lipinski definition) is 0. The average molecular weight is 364 g/mol. The Kier molecular flexibility index (Phi) is 4.85. The highest BCUT2D eigenvalue weighted by Gasteiger charge is 2.27. The van der Waals surface area contributed by atoms with Crippen molar-refractivity contribution in [3.63, 3.8) is 0 Å².